The number of allylic oxidation sites excluding steroid dienone is 6. The molecule has 120 valence electrons. The highest BCUT2D eigenvalue weighted by Gasteiger charge is 1.97. The molecule has 3 heteroatoms. The first-order chi connectivity index (χ1) is 10.3. The van der Waals surface area contributed by atoms with Gasteiger partial charge in [0, 0.05) is 6.42 Å². The summed E-state index contributed by atoms with van der Waals surface area (Å²) in [5.74, 6) is -0.281. The third kappa shape index (κ3) is 16.6. The molecule has 21 heavy (non-hydrogen) atoms. The van der Waals surface area contributed by atoms with Crippen molar-refractivity contribution < 1.29 is 10.0 Å². The molecule has 0 spiro atoms. The van der Waals surface area contributed by atoms with E-state index in [0.29, 0.717) is 6.42 Å². The largest absolute Gasteiger partial charge is 0.289 e. The predicted molar refractivity (Wildman–Crippen MR) is 89.2 cm³/mol. The predicted octanol–water partition coefficient (Wildman–Crippen LogP) is 5.08. The molecule has 0 radical (unpaired) electrons. The van der Waals surface area contributed by atoms with Crippen LogP contribution in [0.2, 0.25) is 0 Å². The Labute approximate surface area is 129 Å². The lowest BCUT2D eigenvalue weighted by atomic mass is 10.1. The minimum atomic E-state index is -0.281. The molecule has 0 aliphatic carbocycles. The quantitative estimate of drug-likeness (QED) is 0.215. The Morgan fingerprint density at radius 3 is 2.10 bits per heavy atom. The number of nitrogens with one attached hydrogen (secondary N) is 1. The second-order valence-corrected chi connectivity index (χ2v) is 5.14. The van der Waals surface area contributed by atoms with Gasteiger partial charge in [-0.1, -0.05) is 62.6 Å². The number of carbonyl (C=O) groups excluding carboxylic acids is 1. The van der Waals surface area contributed by atoms with Crippen LogP contribution in [0.25, 0.3) is 0 Å². The third-order valence-corrected chi connectivity index (χ3v) is 3.18. The lowest BCUT2D eigenvalue weighted by Gasteiger charge is -1.99. The van der Waals surface area contributed by atoms with Crippen LogP contribution in [0.5, 0.6) is 0 Å². The van der Waals surface area contributed by atoms with Gasteiger partial charge >= 0.3 is 0 Å². The summed E-state index contributed by atoms with van der Waals surface area (Å²) in [7, 11) is 0. The first kappa shape index (κ1) is 19.7. The number of hydrogen-bond donors (Lipinski definition) is 2. The zero-order valence-electron chi connectivity index (χ0n) is 13.4. The Kier molecular flexibility index (Phi) is 15.6. The molecular formula is C18H31NO2. The van der Waals surface area contributed by atoms with Crippen molar-refractivity contribution in [1.82, 2.24) is 5.48 Å². The first-order valence-electron chi connectivity index (χ1n) is 8.19. The lowest BCUT2D eigenvalue weighted by molar-refractivity contribution is -0.129. The van der Waals surface area contributed by atoms with Gasteiger partial charge < -0.3 is 0 Å². The van der Waals surface area contributed by atoms with E-state index in [2.05, 4.69) is 43.4 Å². The molecule has 0 aliphatic heterocycles. The highest BCUT2D eigenvalue weighted by molar-refractivity contribution is 5.74. The Hall–Kier alpha value is -1.35. The fourth-order valence-electron chi connectivity index (χ4n) is 1.96. The SMILES string of the molecule is CC/C=C\C/C=C\C/C=C\CCCCCCCC(=O)NO. The van der Waals surface area contributed by atoms with E-state index >= 15 is 0 Å². The van der Waals surface area contributed by atoms with Crippen LogP contribution in [0.1, 0.15) is 71.1 Å². The van der Waals surface area contributed by atoms with Crippen LogP contribution in [0, 0.1) is 0 Å². The van der Waals surface area contributed by atoms with Crippen molar-refractivity contribution in [2.24, 2.45) is 0 Å². The summed E-state index contributed by atoms with van der Waals surface area (Å²) >= 11 is 0. The van der Waals surface area contributed by atoms with Gasteiger partial charge in [0.05, 0.1) is 0 Å². The average molecular weight is 293 g/mol. The molecule has 0 aromatic carbocycles. The number of amides is 1. The molecule has 0 atom stereocenters. The first-order valence-corrected chi connectivity index (χ1v) is 8.19. The van der Waals surface area contributed by atoms with Crippen LogP contribution in [0.4, 0.5) is 0 Å². The van der Waals surface area contributed by atoms with Gasteiger partial charge in [-0.15, -0.1) is 0 Å². The van der Waals surface area contributed by atoms with Crippen LogP contribution in [0.3, 0.4) is 0 Å². The Balaban J connectivity index is 3.25. The van der Waals surface area contributed by atoms with Crippen LogP contribution in [0.15, 0.2) is 36.5 Å². The van der Waals surface area contributed by atoms with Crippen molar-refractivity contribution >= 4 is 5.91 Å². The summed E-state index contributed by atoms with van der Waals surface area (Å²) in [6.07, 6.45) is 23.5. The third-order valence-electron chi connectivity index (χ3n) is 3.18. The summed E-state index contributed by atoms with van der Waals surface area (Å²) in [5.41, 5.74) is 1.66. The molecule has 3 nitrogen and oxygen atoms in total. The number of hydrogen-bond acceptors (Lipinski definition) is 2. The summed E-state index contributed by atoms with van der Waals surface area (Å²) in [5, 5.41) is 8.33. The van der Waals surface area contributed by atoms with Crippen molar-refractivity contribution in [1.29, 1.82) is 0 Å². The van der Waals surface area contributed by atoms with E-state index < -0.39 is 0 Å². The van der Waals surface area contributed by atoms with Crippen molar-refractivity contribution in [2.45, 2.75) is 71.1 Å². The van der Waals surface area contributed by atoms with Gasteiger partial charge in [0.25, 0.3) is 0 Å². The fourth-order valence-corrected chi connectivity index (χ4v) is 1.96. The van der Waals surface area contributed by atoms with E-state index in [1.165, 1.54) is 12.8 Å². The van der Waals surface area contributed by atoms with Crippen molar-refractivity contribution in [3.63, 3.8) is 0 Å². The van der Waals surface area contributed by atoms with Gasteiger partial charge in [-0.25, -0.2) is 5.48 Å². The molecule has 0 aliphatic rings. The van der Waals surface area contributed by atoms with Crippen LogP contribution < -0.4 is 5.48 Å². The maximum Gasteiger partial charge on any atom is 0.243 e. The zero-order valence-corrected chi connectivity index (χ0v) is 13.4. The topological polar surface area (TPSA) is 49.3 Å². The van der Waals surface area contributed by atoms with Crippen molar-refractivity contribution in [3.05, 3.63) is 36.5 Å². The molecular weight excluding hydrogens is 262 g/mol. The van der Waals surface area contributed by atoms with Gasteiger partial charge in [0.1, 0.15) is 0 Å². The molecule has 0 aromatic rings. The van der Waals surface area contributed by atoms with Gasteiger partial charge in [-0.3, -0.25) is 10.0 Å². The highest BCUT2D eigenvalue weighted by Crippen LogP contribution is 2.07. The zero-order chi connectivity index (χ0) is 15.6. The number of hydroxylamine groups is 1. The molecule has 1 amide bonds. The molecule has 0 bridgehead atoms. The van der Waals surface area contributed by atoms with Gasteiger partial charge in [-0.05, 0) is 38.5 Å². The number of unbranched alkanes of at least 4 members (excludes halogenated alkanes) is 5. The average Bonchev–Trinajstić information content (AvgIpc) is 2.50. The van der Waals surface area contributed by atoms with Crippen LogP contribution >= 0.6 is 0 Å². The second kappa shape index (κ2) is 16.7. The molecule has 0 fully saturated rings. The van der Waals surface area contributed by atoms with Gasteiger partial charge in [-0.2, -0.15) is 0 Å². The molecule has 0 heterocycles. The Morgan fingerprint density at radius 2 is 1.43 bits per heavy atom. The summed E-state index contributed by atoms with van der Waals surface area (Å²) < 4.78 is 0. The van der Waals surface area contributed by atoms with E-state index in [4.69, 9.17) is 5.21 Å². The Morgan fingerprint density at radius 1 is 0.857 bits per heavy atom. The van der Waals surface area contributed by atoms with Gasteiger partial charge in [0.15, 0.2) is 0 Å². The van der Waals surface area contributed by atoms with Crippen LogP contribution in [-0.4, -0.2) is 11.1 Å². The molecule has 0 saturated heterocycles. The van der Waals surface area contributed by atoms with E-state index in [-0.39, 0.29) is 5.91 Å². The number of carbonyl (C=O) groups is 1. The maximum atomic E-state index is 10.8. The molecule has 0 saturated carbocycles. The highest BCUT2D eigenvalue weighted by atomic mass is 16.5. The van der Waals surface area contributed by atoms with Gasteiger partial charge in [0.2, 0.25) is 5.91 Å². The smallest absolute Gasteiger partial charge is 0.243 e. The lowest BCUT2D eigenvalue weighted by Crippen LogP contribution is -2.17. The molecule has 0 aromatic heterocycles. The summed E-state index contributed by atoms with van der Waals surface area (Å²) in [6, 6.07) is 0. The second-order valence-electron chi connectivity index (χ2n) is 5.14. The van der Waals surface area contributed by atoms with E-state index in [1.54, 1.807) is 5.48 Å². The summed E-state index contributed by atoms with van der Waals surface area (Å²) in [6.45, 7) is 2.15. The number of rotatable bonds is 13. The molecule has 0 unspecified atom stereocenters. The molecule has 2 N–H and O–H groups in total. The van der Waals surface area contributed by atoms with Crippen LogP contribution in [-0.2, 0) is 4.79 Å². The molecule has 0 rings (SSSR count). The monoisotopic (exact) mass is 293 g/mol. The Bertz CT molecular complexity index is 319. The standard InChI is InChI=1S/C18H31NO2/c1-2-3-4-5-6-7-8-9-10-11-12-13-14-15-16-17-18(20)19-21/h3-4,6-7,9-10,21H,2,5,8,11-17H2,1H3,(H,19,20)/b4-3-,7-6-,10-9-. The minimum Gasteiger partial charge on any atom is -0.289 e. The fraction of sp³-hybridized carbons (Fsp3) is 0.611. The normalized spacial score (nSPS) is 11.9. The van der Waals surface area contributed by atoms with Crippen molar-refractivity contribution in [3.8, 4) is 0 Å². The maximum absolute atomic E-state index is 10.8. The van der Waals surface area contributed by atoms with E-state index in [0.717, 1.165) is 44.9 Å². The minimum absolute atomic E-state index is 0.281. The summed E-state index contributed by atoms with van der Waals surface area (Å²) in [4.78, 5) is 10.8. The van der Waals surface area contributed by atoms with E-state index in [1.807, 2.05) is 0 Å². The van der Waals surface area contributed by atoms with Crippen molar-refractivity contribution in [2.75, 3.05) is 0 Å². The van der Waals surface area contributed by atoms with E-state index in [9.17, 15) is 4.79 Å².